The van der Waals surface area contributed by atoms with Crippen molar-refractivity contribution in [2.75, 3.05) is 17.1 Å². The van der Waals surface area contributed by atoms with Gasteiger partial charge in [0.2, 0.25) is 5.88 Å². The summed E-state index contributed by atoms with van der Waals surface area (Å²) in [6.45, 7) is 0. The van der Waals surface area contributed by atoms with Crippen LogP contribution in [0.4, 0.5) is 11.5 Å². The molecule has 0 spiro atoms. The van der Waals surface area contributed by atoms with Gasteiger partial charge in [0.25, 0.3) is 10.0 Å². The minimum atomic E-state index is -5.13. The van der Waals surface area contributed by atoms with Gasteiger partial charge in [0.15, 0.2) is 5.82 Å². The number of nitrogens with one attached hydrogen (secondary N) is 2. The Labute approximate surface area is 264 Å². The quantitative estimate of drug-likeness (QED) is 0.157. The van der Waals surface area contributed by atoms with Gasteiger partial charge in [-0.15, -0.1) is 10.2 Å². The molecule has 38 heavy (non-hydrogen) atoms. The van der Waals surface area contributed by atoms with Crippen LogP contribution in [0.3, 0.4) is 0 Å². The summed E-state index contributed by atoms with van der Waals surface area (Å²) < 4.78 is 103. The van der Waals surface area contributed by atoms with Crippen molar-refractivity contribution >= 4 is 41.8 Å². The Morgan fingerprint density at radius 2 is 1.42 bits per heavy atom. The van der Waals surface area contributed by atoms with Gasteiger partial charge in [0, 0.05) is 18.2 Å². The number of anilines is 2. The average molecular weight is 603 g/mol. The Balaban J connectivity index is 0.00000361. The van der Waals surface area contributed by atoms with Crippen LogP contribution < -0.4 is 73.9 Å². The van der Waals surface area contributed by atoms with Crippen molar-refractivity contribution in [3.05, 3.63) is 72.3 Å². The van der Waals surface area contributed by atoms with Crippen molar-refractivity contribution in [3.63, 3.8) is 0 Å². The first-order chi connectivity index (χ1) is 16.8. The summed E-state index contributed by atoms with van der Waals surface area (Å²) >= 11 is 0. The average Bonchev–Trinajstić information content (AvgIpc) is 2.81. The van der Waals surface area contributed by atoms with E-state index in [1.165, 1.54) is 55.6 Å². The Morgan fingerprint density at radius 3 is 1.89 bits per heavy atom. The van der Waals surface area contributed by atoms with Crippen molar-refractivity contribution in [2.45, 2.75) is 21.9 Å². The SMILES string of the molecule is COc1ccc(NS(=O)(=O)c2ccc(NC(CC(c3ccccc3)S(=O)(=O)[O-])S(=O)(=O)[O-])cc2)nn1.[Na+].[Na+]. The molecule has 1 heterocycles. The van der Waals surface area contributed by atoms with E-state index in [-0.39, 0.29) is 87.0 Å². The Morgan fingerprint density at radius 1 is 0.816 bits per heavy atom. The first-order valence-corrected chi connectivity index (χ1v) is 14.4. The molecule has 18 heteroatoms. The van der Waals surface area contributed by atoms with Crippen LogP contribution in [-0.2, 0) is 30.3 Å². The van der Waals surface area contributed by atoms with Crippen LogP contribution in [0.15, 0.2) is 71.6 Å². The van der Waals surface area contributed by atoms with Crippen molar-refractivity contribution in [1.82, 2.24) is 10.2 Å². The number of hydrogen-bond acceptors (Lipinski definition) is 12. The zero-order valence-corrected chi connectivity index (χ0v) is 27.0. The molecule has 0 saturated carbocycles. The smallest absolute Gasteiger partial charge is 0.747 e. The van der Waals surface area contributed by atoms with E-state index in [9.17, 15) is 34.4 Å². The van der Waals surface area contributed by atoms with Gasteiger partial charge in [0.1, 0.15) is 25.6 Å². The predicted molar refractivity (Wildman–Crippen MR) is 126 cm³/mol. The van der Waals surface area contributed by atoms with E-state index in [1.807, 2.05) is 0 Å². The number of ether oxygens (including phenoxy) is 1. The summed E-state index contributed by atoms with van der Waals surface area (Å²) in [5.41, 5.74) is 0.0230. The fraction of sp³-hybridized carbons (Fsp3) is 0.200. The van der Waals surface area contributed by atoms with Gasteiger partial charge < -0.3 is 19.2 Å². The maximum Gasteiger partial charge on any atom is 1.00 e. The number of aromatic nitrogens is 2. The van der Waals surface area contributed by atoms with Crippen LogP contribution in [0.25, 0.3) is 0 Å². The largest absolute Gasteiger partial charge is 1.00 e. The Bertz CT molecular complexity index is 1510. The number of methoxy groups -OCH3 is 1. The van der Waals surface area contributed by atoms with Gasteiger partial charge in [-0.25, -0.2) is 25.3 Å². The van der Waals surface area contributed by atoms with E-state index < -0.39 is 47.3 Å². The summed E-state index contributed by atoms with van der Waals surface area (Å²) in [6, 6.07) is 14.5. The third-order valence-corrected chi connectivity index (χ3v) is 8.42. The van der Waals surface area contributed by atoms with Crippen LogP contribution in [0.5, 0.6) is 5.88 Å². The molecule has 0 amide bonds. The molecule has 0 bridgehead atoms. The molecule has 0 saturated heterocycles. The normalized spacial score (nSPS) is 13.2. The van der Waals surface area contributed by atoms with E-state index in [0.717, 1.165) is 12.1 Å². The minimum Gasteiger partial charge on any atom is -0.747 e. The molecular formula is C20H20N4Na2O9S3. The maximum absolute atomic E-state index is 12.6. The number of rotatable bonds is 11. The molecule has 13 nitrogen and oxygen atoms in total. The molecule has 3 rings (SSSR count). The summed E-state index contributed by atoms with van der Waals surface area (Å²) in [5, 5.41) is 5.88. The maximum atomic E-state index is 12.6. The first kappa shape index (κ1) is 34.7. The third-order valence-electron chi connectivity index (χ3n) is 4.88. The Hall–Kier alpha value is -1.31. The molecule has 2 aromatic carbocycles. The molecule has 0 aliphatic carbocycles. The summed E-state index contributed by atoms with van der Waals surface area (Å²) in [7, 11) is -12.9. The minimum absolute atomic E-state index is 0. The second-order valence-electron chi connectivity index (χ2n) is 7.34. The van der Waals surface area contributed by atoms with Gasteiger partial charge in [-0.05, 0) is 35.9 Å². The predicted octanol–water partition coefficient (Wildman–Crippen LogP) is -4.75. The second-order valence-corrected chi connectivity index (χ2v) is 12.1. The van der Waals surface area contributed by atoms with Crippen LogP contribution in [0, 0.1) is 0 Å². The second kappa shape index (κ2) is 14.4. The monoisotopic (exact) mass is 602 g/mol. The first-order valence-electron chi connectivity index (χ1n) is 10.0. The summed E-state index contributed by atoms with van der Waals surface area (Å²) in [5.74, 6) is 0.0943. The molecule has 2 N–H and O–H groups in total. The van der Waals surface area contributed by atoms with Crippen LogP contribution in [0.1, 0.15) is 17.2 Å². The zero-order valence-electron chi connectivity index (χ0n) is 20.5. The van der Waals surface area contributed by atoms with Crippen LogP contribution >= 0.6 is 0 Å². The third kappa shape index (κ3) is 9.71. The van der Waals surface area contributed by atoms with Gasteiger partial charge in [-0.2, -0.15) is 0 Å². The summed E-state index contributed by atoms with van der Waals surface area (Å²) in [4.78, 5) is -0.225. The van der Waals surface area contributed by atoms with E-state index >= 15 is 0 Å². The molecule has 2 unspecified atom stereocenters. The molecule has 194 valence electrons. The summed E-state index contributed by atoms with van der Waals surface area (Å²) in [6.07, 6.45) is -0.862. The molecule has 1 aromatic heterocycles. The van der Waals surface area contributed by atoms with Crippen molar-refractivity contribution < 1.29 is 98.2 Å². The fourth-order valence-electron chi connectivity index (χ4n) is 3.13. The molecule has 3 aromatic rings. The standard InChI is InChI=1S/C20H22N4O9S3.2Na/c1-33-19-12-11-18(22-23-19)24-34(25,26)16-9-7-15(8-10-16)21-20(36(30,31)32)13-17(35(27,28)29)14-5-3-2-4-6-14;;/h2-12,17,20-21H,13H2,1H3,(H,22,24)(H,27,28,29)(H,30,31,32);;/q;2*+1/p-2. The topological polar surface area (TPSA) is 208 Å². The molecule has 2 atom stereocenters. The van der Waals surface area contributed by atoms with Crippen LogP contribution in [-0.4, -0.2) is 57.0 Å². The number of hydrogen-bond donors (Lipinski definition) is 2. The molecule has 0 radical (unpaired) electrons. The molecular weight excluding hydrogens is 582 g/mol. The fourth-order valence-corrected chi connectivity index (χ4v) is 5.87. The number of benzene rings is 2. The molecule has 0 aliphatic heterocycles. The van der Waals surface area contributed by atoms with E-state index in [4.69, 9.17) is 4.74 Å². The van der Waals surface area contributed by atoms with E-state index in [1.54, 1.807) is 6.07 Å². The number of sulfonamides is 1. The van der Waals surface area contributed by atoms with Crippen molar-refractivity contribution in [3.8, 4) is 5.88 Å². The molecule has 0 fully saturated rings. The van der Waals surface area contributed by atoms with Crippen molar-refractivity contribution in [1.29, 1.82) is 0 Å². The van der Waals surface area contributed by atoms with Gasteiger partial charge in [0.05, 0.1) is 17.3 Å². The van der Waals surface area contributed by atoms with Crippen LogP contribution in [0.2, 0.25) is 0 Å². The van der Waals surface area contributed by atoms with Crippen molar-refractivity contribution in [2.24, 2.45) is 0 Å². The van der Waals surface area contributed by atoms with Gasteiger partial charge in [-0.1, -0.05) is 30.3 Å². The number of nitrogens with zero attached hydrogens (tertiary/aromatic N) is 2. The zero-order chi connectivity index (χ0) is 26.6. The van der Waals surface area contributed by atoms with E-state index in [2.05, 4.69) is 20.2 Å². The van der Waals surface area contributed by atoms with Gasteiger partial charge >= 0.3 is 59.1 Å². The van der Waals surface area contributed by atoms with Gasteiger partial charge in [-0.3, -0.25) is 4.72 Å². The molecule has 0 aliphatic rings. The van der Waals surface area contributed by atoms with E-state index in [0.29, 0.717) is 0 Å². The Kier molecular flexibility index (Phi) is 13.1.